The van der Waals surface area contributed by atoms with Crippen molar-refractivity contribution in [2.24, 2.45) is 5.92 Å². The monoisotopic (exact) mass is 422 g/mol. The molecule has 1 unspecified atom stereocenters. The summed E-state index contributed by atoms with van der Waals surface area (Å²) in [6, 6.07) is 5.35. The van der Waals surface area contributed by atoms with Crippen molar-refractivity contribution >= 4 is 23.5 Å². The molecular formula is C20H25F3N6O. The van der Waals surface area contributed by atoms with Gasteiger partial charge in [-0.1, -0.05) is 0 Å². The molecule has 3 rings (SSSR count). The molecule has 1 aromatic carbocycles. The van der Waals surface area contributed by atoms with Crippen molar-refractivity contribution in [1.82, 2.24) is 14.9 Å². The highest BCUT2D eigenvalue weighted by Gasteiger charge is 2.30. The number of nitrogens with one attached hydrogen (secondary N) is 3. The smallest absolute Gasteiger partial charge is 0.370 e. The maximum absolute atomic E-state index is 12.6. The van der Waals surface area contributed by atoms with Gasteiger partial charge in [0, 0.05) is 30.5 Å². The Kier molecular flexibility index (Phi) is 6.76. The molecule has 0 spiro atoms. The van der Waals surface area contributed by atoms with Gasteiger partial charge in [-0.05, 0) is 63.5 Å². The summed E-state index contributed by atoms with van der Waals surface area (Å²) >= 11 is 0. The summed E-state index contributed by atoms with van der Waals surface area (Å²) in [5, 5.41) is 8.30. The third-order valence-electron chi connectivity index (χ3n) is 4.84. The molecule has 1 aromatic heterocycles. The van der Waals surface area contributed by atoms with E-state index < -0.39 is 17.8 Å². The van der Waals surface area contributed by atoms with E-state index in [2.05, 4.69) is 37.9 Å². The first-order valence-corrected chi connectivity index (χ1v) is 9.72. The van der Waals surface area contributed by atoms with Crippen LogP contribution in [0, 0.1) is 12.8 Å². The Morgan fingerprint density at radius 2 is 1.93 bits per heavy atom. The summed E-state index contributed by atoms with van der Waals surface area (Å²) in [7, 11) is 2.11. The van der Waals surface area contributed by atoms with Crippen LogP contribution in [0.2, 0.25) is 0 Å². The summed E-state index contributed by atoms with van der Waals surface area (Å²) in [5.74, 6) is 1.25. The van der Waals surface area contributed by atoms with Crippen LogP contribution in [0.1, 0.15) is 24.1 Å². The lowest BCUT2D eigenvalue weighted by molar-refractivity contribution is -0.137. The first-order chi connectivity index (χ1) is 14.2. The highest BCUT2D eigenvalue weighted by atomic mass is 19.4. The van der Waals surface area contributed by atoms with Crippen molar-refractivity contribution in [1.29, 1.82) is 0 Å². The van der Waals surface area contributed by atoms with E-state index in [1.54, 1.807) is 13.0 Å². The molecule has 2 aromatic rings. The first-order valence-electron chi connectivity index (χ1n) is 9.72. The van der Waals surface area contributed by atoms with Crippen molar-refractivity contribution in [3.05, 3.63) is 41.6 Å². The minimum absolute atomic E-state index is 0.114. The highest BCUT2D eigenvalue weighted by molar-refractivity contribution is 5.98. The molecule has 0 bridgehead atoms. The Hall–Kier alpha value is -2.88. The molecule has 30 heavy (non-hydrogen) atoms. The van der Waals surface area contributed by atoms with E-state index in [1.165, 1.54) is 18.6 Å². The van der Waals surface area contributed by atoms with E-state index in [0.717, 1.165) is 38.2 Å². The average Bonchev–Trinajstić information content (AvgIpc) is 2.65. The fourth-order valence-corrected chi connectivity index (χ4v) is 3.41. The number of nitrogens with zero attached hydrogens (tertiary/aromatic N) is 3. The van der Waals surface area contributed by atoms with Gasteiger partial charge in [-0.3, -0.25) is 5.32 Å². The molecule has 1 fully saturated rings. The molecule has 162 valence electrons. The van der Waals surface area contributed by atoms with Crippen molar-refractivity contribution < 1.29 is 18.0 Å². The van der Waals surface area contributed by atoms with Crippen molar-refractivity contribution in [3.8, 4) is 0 Å². The number of aryl methyl sites for hydroxylation is 1. The van der Waals surface area contributed by atoms with E-state index in [1.807, 2.05) is 0 Å². The Morgan fingerprint density at radius 1 is 1.20 bits per heavy atom. The summed E-state index contributed by atoms with van der Waals surface area (Å²) in [6.07, 6.45) is -2.10. The number of aromatic nitrogens is 2. The lowest BCUT2D eigenvalue weighted by atomic mass is 9.98. The predicted octanol–water partition coefficient (Wildman–Crippen LogP) is 4.20. The molecule has 1 aliphatic rings. The molecule has 0 radical (unpaired) electrons. The largest absolute Gasteiger partial charge is 0.416 e. The zero-order chi connectivity index (χ0) is 21.7. The SMILES string of the molecule is Cc1cc(NCC2CCCN(C)C2)nc(NC(=O)Nc2ccc(C(F)(F)F)cc2)n1. The number of halogens is 3. The molecule has 1 saturated heterocycles. The van der Waals surface area contributed by atoms with Gasteiger partial charge in [-0.25, -0.2) is 9.78 Å². The van der Waals surface area contributed by atoms with E-state index in [4.69, 9.17) is 0 Å². The summed E-state index contributed by atoms with van der Waals surface area (Å²) in [4.78, 5) is 23.0. The quantitative estimate of drug-likeness (QED) is 0.673. The van der Waals surface area contributed by atoms with Crippen molar-refractivity contribution in [3.63, 3.8) is 0 Å². The number of carbonyl (C=O) groups is 1. The second-order valence-electron chi connectivity index (χ2n) is 7.52. The summed E-state index contributed by atoms with van der Waals surface area (Å²) in [6.45, 7) is 4.71. The van der Waals surface area contributed by atoms with Crippen LogP contribution in [-0.4, -0.2) is 47.6 Å². The van der Waals surface area contributed by atoms with Gasteiger partial charge < -0.3 is 15.5 Å². The average molecular weight is 422 g/mol. The number of rotatable bonds is 5. The topological polar surface area (TPSA) is 82.2 Å². The third-order valence-corrected chi connectivity index (χ3v) is 4.84. The van der Waals surface area contributed by atoms with Gasteiger partial charge in [-0.2, -0.15) is 18.2 Å². The van der Waals surface area contributed by atoms with Crippen LogP contribution in [0.4, 0.5) is 35.4 Å². The molecule has 3 N–H and O–H groups in total. The van der Waals surface area contributed by atoms with Crippen LogP contribution in [0.5, 0.6) is 0 Å². The zero-order valence-corrected chi connectivity index (χ0v) is 16.9. The number of benzene rings is 1. The van der Waals surface area contributed by atoms with E-state index >= 15 is 0 Å². The van der Waals surface area contributed by atoms with Crippen LogP contribution in [0.25, 0.3) is 0 Å². The van der Waals surface area contributed by atoms with Crippen LogP contribution in [0.15, 0.2) is 30.3 Å². The Bertz CT molecular complexity index is 872. The summed E-state index contributed by atoms with van der Waals surface area (Å²) in [5.41, 5.74) is 0.126. The van der Waals surface area contributed by atoms with E-state index in [0.29, 0.717) is 17.4 Å². The molecule has 0 aliphatic carbocycles. The standard InChI is InChI=1S/C20H25F3N6O/c1-13-10-17(24-11-14-4-3-9-29(2)12-14)27-18(25-13)28-19(30)26-16-7-5-15(6-8-16)20(21,22)23/h5-8,10,14H,3-4,9,11-12H2,1-2H3,(H3,24,25,26,27,28,30). The Balaban J connectivity index is 1.57. The molecule has 1 aliphatic heterocycles. The fourth-order valence-electron chi connectivity index (χ4n) is 3.41. The third kappa shape index (κ3) is 6.31. The second-order valence-corrected chi connectivity index (χ2v) is 7.52. The molecular weight excluding hydrogens is 397 g/mol. The zero-order valence-electron chi connectivity index (χ0n) is 16.9. The van der Waals surface area contributed by atoms with E-state index in [9.17, 15) is 18.0 Å². The number of piperidine rings is 1. The fraction of sp³-hybridized carbons (Fsp3) is 0.450. The number of amides is 2. The normalized spacial score (nSPS) is 17.4. The minimum Gasteiger partial charge on any atom is -0.370 e. The molecule has 7 nitrogen and oxygen atoms in total. The Morgan fingerprint density at radius 3 is 2.60 bits per heavy atom. The predicted molar refractivity (Wildman–Crippen MR) is 110 cm³/mol. The number of anilines is 3. The number of hydrogen-bond donors (Lipinski definition) is 3. The van der Waals surface area contributed by atoms with Gasteiger partial charge >= 0.3 is 12.2 Å². The Labute approximate surface area is 173 Å². The minimum atomic E-state index is -4.42. The van der Waals surface area contributed by atoms with E-state index in [-0.39, 0.29) is 11.6 Å². The lowest BCUT2D eigenvalue weighted by Gasteiger charge is -2.29. The lowest BCUT2D eigenvalue weighted by Crippen LogP contribution is -2.35. The van der Waals surface area contributed by atoms with Crippen molar-refractivity contribution in [2.75, 3.05) is 42.6 Å². The molecule has 2 amide bonds. The maximum Gasteiger partial charge on any atom is 0.416 e. The molecule has 1 atom stereocenters. The van der Waals surface area contributed by atoms with Crippen LogP contribution in [0.3, 0.4) is 0 Å². The molecule has 0 saturated carbocycles. The van der Waals surface area contributed by atoms with Gasteiger partial charge in [0.15, 0.2) is 0 Å². The molecule has 10 heteroatoms. The number of hydrogen-bond acceptors (Lipinski definition) is 5. The van der Waals surface area contributed by atoms with Gasteiger partial charge in [0.25, 0.3) is 0 Å². The maximum atomic E-state index is 12.6. The van der Waals surface area contributed by atoms with Crippen molar-refractivity contribution in [2.45, 2.75) is 25.9 Å². The number of carbonyl (C=O) groups excluding carboxylic acids is 1. The van der Waals surface area contributed by atoms with Gasteiger partial charge in [-0.15, -0.1) is 0 Å². The van der Waals surface area contributed by atoms with Crippen LogP contribution < -0.4 is 16.0 Å². The van der Waals surface area contributed by atoms with Gasteiger partial charge in [0.1, 0.15) is 5.82 Å². The van der Waals surface area contributed by atoms with Crippen LogP contribution >= 0.6 is 0 Å². The number of urea groups is 1. The van der Waals surface area contributed by atoms with Gasteiger partial charge in [0.2, 0.25) is 5.95 Å². The van der Waals surface area contributed by atoms with Gasteiger partial charge in [0.05, 0.1) is 5.56 Å². The number of likely N-dealkylation sites (tertiary alicyclic amines) is 1. The second kappa shape index (κ2) is 9.29. The highest BCUT2D eigenvalue weighted by Crippen LogP contribution is 2.29. The van der Waals surface area contributed by atoms with Crippen LogP contribution in [-0.2, 0) is 6.18 Å². The first kappa shape index (κ1) is 21.8. The molecule has 2 heterocycles. The summed E-state index contributed by atoms with van der Waals surface area (Å²) < 4.78 is 37.9. The number of alkyl halides is 3.